The molecule has 0 fully saturated rings. The minimum atomic E-state index is 0.287. The molecule has 0 bridgehead atoms. The molecule has 0 radical (unpaired) electrons. The van der Waals surface area contributed by atoms with Crippen molar-refractivity contribution in [3.8, 4) is 0 Å². The lowest BCUT2D eigenvalue weighted by Gasteiger charge is -2.02. The molecule has 0 atom stereocenters. The number of aliphatic hydroxyl groups is 1. The molecular weight excluding hydrogens is 174 g/mol. The molecule has 0 aromatic heterocycles. The van der Waals surface area contributed by atoms with Crippen LogP contribution in [0, 0.1) is 0 Å². The minimum absolute atomic E-state index is 0.287. The molecule has 2 nitrogen and oxygen atoms in total. The number of hydrogen-bond acceptors (Lipinski definition) is 2. The van der Waals surface area contributed by atoms with Crippen molar-refractivity contribution in [1.29, 1.82) is 0 Å². The number of rotatable bonds is 1. The third kappa shape index (κ3) is 1.55. The second-order valence-corrected chi connectivity index (χ2v) is 3.14. The van der Waals surface area contributed by atoms with E-state index >= 15 is 0 Å². The average Bonchev–Trinajstić information content (AvgIpc) is 2.71. The number of nitrogen functional groups attached to an aromatic ring is 1. The molecule has 0 aliphatic heterocycles. The van der Waals surface area contributed by atoms with Crippen molar-refractivity contribution in [3.05, 3.63) is 59.7 Å². The molecule has 0 amide bonds. The van der Waals surface area contributed by atoms with Crippen molar-refractivity contribution in [3.63, 3.8) is 0 Å². The Balaban J connectivity index is 2.40. The van der Waals surface area contributed by atoms with Crippen molar-refractivity contribution in [2.45, 2.75) is 0 Å². The van der Waals surface area contributed by atoms with Crippen molar-refractivity contribution < 1.29 is 5.11 Å². The SMILES string of the molecule is Nc1ccc(C(O)=C2C=CC=C2)cc1. The molecule has 3 N–H and O–H groups in total. The Kier molecular flexibility index (Phi) is 2.11. The number of nitrogens with two attached hydrogens (primary N) is 1. The van der Waals surface area contributed by atoms with E-state index in [2.05, 4.69) is 0 Å². The smallest absolute Gasteiger partial charge is 0.130 e. The molecule has 0 heterocycles. The highest BCUT2D eigenvalue weighted by atomic mass is 16.3. The number of hydrogen-bond donors (Lipinski definition) is 2. The molecule has 1 aromatic carbocycles. The first-order chi connectivity index (χ1) is 6.77. The molecule has 2 heteroatoms. The second kappa shape index (κ2) is 3.42. The van der Waals surface area contributed by atoms with Crippen molar-refractivity contribution in [1.82, 2.24) is 0 Å². The predicted molar refractivity (Wildman–Crippen MR) is 58.7 cm³/mol. The summed E-state index contributed by atoms with van der Waals surface area (Å²) in [6.45, 7) is 0. The molecule has 1 aromatic rings. The van der Waals surface area contributed by atoms with E-state index in [0.717, 1.165) is 11.1 Å². The van der Waals surface area contributed by atoms with Crippen LogP contribution in [0.4, 0.5) is 5.69 Å². The quantitative estimate of drug-likeness (QED) is 0.522. The van der Waals surface area contributed by atoms with Gasteiger partial charge in [0.2, 0.25) is 0 Å². The molecule has 1 aliphatic carbocycles. The Bertz CT molecular complexity index is 410. The maximum absolute atomic E-state index is 9.85. The zero-order chi connectivity index (χ0) is 9.97. The van der Waals surface area contributed by atoms with Crippen molar-refractivity contribution in [2.24, 2.45) is 0 Å². The fourth-order valence-corrected chi connectivity index (χ4v) is 1.34. The van der Waals surface area contributed by atoms with E-state index in [9.17, 15) is 5.11 Å². The van der Waals surface area contributed by atoms with Crippen molar-refractivity contribution >= 4 is 11.4 Å². The molecular formula is C12H11NO. The number of aliphatic hydroxyl groups excluding tert-OH is 1. The van der Waals surface area contributed by atoms with Gasteiger partial charge in [0.25, 0.3) is 0 Å². The van der Waals surface area contributed by atoms with Gasteiger partial charge in [-0.3, -0.25) is 0 Å². The van der Waals surface area contributed by atoms with Gasteiger partial charge in [-0.15, -0.1) is 0 Å². The topological polar surface area (TPSA) is 46.2 Å². The zero-order valence-corrected chi connectivity index (χ0v) is 7.64. The summed E-state index contributed by atoms with van der Waals surface area (Å²) in [5.74, 6) is 0.287. The average molecular weight is 185 g/mol. The summed E-state index contributed by atoms with van der Waals surface area (Å²) in [6.07, 6.45) is 7.52. The highest BCUT2D eigenvalue weighted by molar-refractivity contribution is 5.69. The third-order valence-electron chi connectivity index (χ3n) is 2.12. The Morgan fingerprint density at radius 1 is 1.00 bits per heavy atom. The molecule has 70 valence electrons. The lowest BCUT2D eigenvalue weighted by atomic mass is 10.1. The molecule has 0 unspecified atom stereocenters. The van der Waals surface area contributed by atoms with Gasteiger partial charge in [0, 0.05) is 16.8 Å². The fraction of sp³-hybridized carbons (Fsp3) is 0. The maximum atomic E-state index is 9.85. The van der Waals surface area contributed by atoms with E-state index in [0.29, 0.717) is 5.69 Å². The van der Waals surface area contributed by atoms with Crippen LogP contribution >= 0.6 is 0 Å². The summed E-state index contributed by atoms with van der Waals surface area (Å²) in [5.41, 5.74) is 7.86. The molecule has 0 saturated carbocycles. The van der Waals surface area contributed by atoms with E-state index in [1.165, 1.54) is 0 Å². The summed E-state index contributed by atoms with van der Waals surface area (Å²) in [5, 5.41) is 9.85. The lowest BCUT2D eigenvalue weighted by molar-refractivity contribution is 0.509. The fourth-order valence-electron chi connectivity index (χ4n) is 1.34. The van der Waals surface area contributed by atoms with Gasteiger partial charge >= 0.3 is 0 Å². The third-order valence-corrected chi connectivity index (χ3v) is 2.12. The Labute approximate surface area is 82.7 Å². The highest BCUT2D eigenvalue weighted by Gasteiger charge is 2.04. The van der Waals surface area contributed by atoms with Gasteiger partial charge < -0.3 is 10.8 Å². The van der Waals surface area contributed by atoms with Crippen LogP contribution in [0.3, 0.4) is 0 Å². The van der Waals surface area contributed by atoms with E-state index in [1.54, 1.807) is 24.3 Å². The summed E-state index contributed by atoms with van der Waals surface area (Å²) >= 11 is 0. The molecule has 0 spiro atoms. The number of benzene rings is 1. The van der Waals surface area contributed by atoms with Crippen LogP contribution in [0.2, 0.25) is 0 Å². The standard InChI is InChI=1S/C12H11NO/c13-11-7-5-10(6-8-11)12(14)9-3-1-2-4-9/h1-8,14H,13H2. The van der Waals surface area contributed by atoms with Gasteiger partial charge in [-0.05, 0) is 24.3 Å². The zero-order valence-electron chi connectivity index (χ0n) is 7.64. The Morgan fingerprint density at radius 3 is 2.14 bits per heavy atom. The second-order valence-electron chi connectivity index (χ2n) is 3.14. The Hall–Kier alpha value is -1.96. The predicted octanol–water partition coefficient (Wildman–Crippen LogP) is 2.66. The van der Waals surface area contributed by atoms with Gasteiger partial charge in [-0.2, -0.15) is 0 Å². The van der Waals surface area contributed by atoms with Gasteiger partial charge in [0.1, 0.15) is 5.76 Å². The molecule has 0 saturated heterocycles. The summed E-state index contributed by atoms with van der Waals surface area (Å²) in [7, 11) is 0. The molecule has 14 heavy (non-hydrogen) atoms. The van der Waals surface area contributed by atoms with E-state index in [1.807, 2.05) is 24.3 Å². The highest BCUT2D eigenvalue weighted by Crippen LogP contribution is 2.21. The van der Waals surface area contributed by atoms with Gasteiger partial charge in [0.05, 0.1) is 0 Å². The van der Waals surface area contributed by atoms with Crippen LogP contribution in [0.25, 0.3) is 5.76 Å². The summed E-state index contributed by atoms with van der Waals surface area (Å²) < 4.78 is 0. The van der Waals surface area contributed by atoms with E-state index in [4.69, 9.17) is 5.73 Å². The largest absolute Gasteiger partial charge is 0.507 e. The van der Waals surface area contributed by atoms with Crippen LogP contribution in [0.1, 0.15) is 5.56 Å². The van der Waals surface area contributed by atoms with Crippen LogP contribution in [0.5, 0.6) is 0 Å². The van der Waals surface area contributed by atoms with E-state index in [-0.39, 0.29) is 5.76 Å². The first-order valence-corrected chi connectivity index (χ1v) is 4.41. The number of allylic oxidation sites excluding steroid dienone is 5. The maximum Gasteiger partial charge on any atom is 0.130 e. The van der Waals surface area contributed by atoms with Crippen LogP contribution in [-0.2, 0) is 0 Å². The minimum Gasteiger partial charge on any atom is -0.507 e. The molecule has 1 aliphatic rings. The van der Waals surface area contributed by atoms with Gasteiger partial charge in [-0.25, -0.2) is 0 Å². The van der Waals surface area contributed by atoms with Gasteiger partial charge in [0.15, 0.2) is 0 Å². The lowest BCUT2D eigenvalue weighted by Crippen LogP contribution is -1.88. The summed E-state index contributed by atoms with van der Waals surface area (Å²) in [4.78, 5) is 0. The first-order valence-electron chi connectivity index (χ1n) is 4.41. The number of anilines is 1. The normalized spacial score (nSPS) is 13.6. The van der Waals surface area contributed by atoms with Crippen LogP contribution in [0.15, 0.2) is 54.1 Å². The summed E-state index contributed by atoms with van der Waals surface area (Å²) in [6, 6.07) is 7.15. The van der Waals surface area contributed by atoms with Gasteiger partial charge in [-0.1, -0.05) is 24.3 Å². The Morgan fingerprint density at radius 2 is 1.57 bits per heavy atom. The van der Waals surface area contributed by atoms with Crippen molar-refractivity contribution in [2.75, 3.05) is 5.73 Å². The monoisotopic (exact) mass is 185 g/mol. The molecule has 2 rings (SSSR count). The van der Waals surface area contributed by atoms with Crippen LogP contribution in [-0.4, -0.2) is 5.11 Å². The van der Waals surface area contributed by atoms with E-state index < -0.39 is 0 Å². The first kappa shape index (κ1) is 8.63. The van der Waals surface area contributed by atoms with Crippen LogP contribution < -0.4 is 5.73 Å².